The molecule has 0 saturated heterocycles. The van der Waals surface area contributed by atoms with Crippen LogP contribution in [0.4, 0.5) is 5.69 Å². The predicted octanol–water partition coefficient (Wildman–Crippen LogP) is 2.58. The van der Waals surface area contributed by atoms with Gasteiger partial charge in [-0.25, -0.2) is 4.98 Å². The van der Waals surface area contributed by atoms with E-state index >= 15 is 0 Å². The first-order chi connectivity index (χ1) is 6.27. The average molecular weight is 195 g/mol. The van der Waals surface area contributed by atoms with Crippen molar-refractivity contribution in [3.05, 3.63) is 35.7 Å². The number of benzene rings is 1. The number of nitrogen functional groups attached to an aromatic ring is 1. The number of nitrogens with two attached hydrogens (primary N) is 1. The van der Waals surface area contributed by atoms with Crippen LogP contribution in [-0.4, -0.2) is 4.98 Å². The third-order valence-electron chi connectivity index (χ3n) is 1.68. The van der Waals surface area contributed by atoms with Crippen molar-refractivity contribution in [2.24, 2.45) is 0 Å². The van der Waals surface area contributed by atoms with Gasteiger partial charge in [-0.3, -0.25) is 0 Å². The van der Waals surface area contributed by atoms with E-state index < -0.39 is 0 Å². The number of rotatable bonds is 1. The number of hydrogen-bond donors (Lipinski definition) is 1. The Hall–Kier alpha value is -1.48. The predicted molar refractivity (Wildman–Crippen MR) is 51.4 cm³/mol. The van der Waals surface area contributed by atoms with Crippen LogP contribution in [0.3, 0.4) is 0 Å². The highest BCUT2D eigenvalue weighted by Gasteiger charge is 2.06. The zero-order valence-electron chi connectivity index (χ0n) is 6.70. The zero-order valence-corrected chi connectivity index (χ0v) is 7.45. The molecule has 0 aliphatic carbocycles. The molecule has 0 spiro atoms. The van der Waals surface area contributed by atoms with Gasteiger partial charge < -0.3 is 10.2 Å². The topological polar surface area (TPSA) is 52.0 Å². The normalized spacial score (nSPS) is 10.2. The number of oxazole rings is 1. The maximum absolute atomic E-state index is 5.81. The molecule has 0 unspecified atom stereocenters. The molecule has 0 saturated carbocycles. The molecule has 0 amide bonds. The van der Waals surface area contributed by atoms with Crippen LogP contribution in [0, 0.1) is 0 Å². The largest absolute Gasteiger partial charge is 0.444 e. The molecule has 4 heteroatoms. The summed E-state index contributed by atoms with van der Waals surface area (Å²) >= 11 is 5.81. The van der Waals surface area contributed by atoms with Gasteiger partial charge in [-0.1, -0.05) is 11.6 Å². The van der Waals surface area contributed by atoms with E-state index in [1.165, 1.54) is 6.26 Å². The van der Waals surface area contributed by atoms with Gasteiger partial charge in [0.05, 0.1) is 11.8 Å². The monoisotopic (exact) mass is 194 g/mol. The second-order valence-electron chi connectivity index (χ2n) is 2.57. The second kappa shape index (κ2) is 3.11. The van der Waals surface area contributed by atoms with Crippen LogP contribution in [0.1, 0.15) is 0 Å². The number of nitrogens with zero attached hydrogens (tertiary/aromatic N) is 1. The molecule has 1 heterocycles. The molecule has 2 N–H and O–H groups in total. The van der Waals surface area contributed by atoms with Gasteiger partial charge in [-0.05, 0) is 18.2 Å². The molecule has 0 atom stereocenters. The Morgan fingerprint density at radius 3 is 2.92 bits per heavy atom. The van der Waals surface area contributed by atoms with Crippen LogP contribution in [-0.2, 0) is 0 Å². The Bertz CT molecular complexity index is 412. The van der Waals surface area contributed by atoms with Crippen molar-refractivity contribution in [1.29, 1.82) is 0 Å². The van der Waals surface area contributed by atoms with E-state index in [9.17, 15) is 0 Å². The van der Waals surface area contributed by atoms with Crippen LogP contribution in [0.2, 0.25) is 5.02 Å². The van der Waals surface area contributed by atoms with Gasteiger partial charge in [0.1, 0.15) is 6.26 Å². The van der Waals surface area contributed by atoms with Crippen molar-refractivity contribution < 1.29 is 4.42 Å². The fraction of sp³-hybridized carbons (Fsp3) is 0. The van der Waals surface area contributed by atoms with Gasteiger partial charge in [-0.2, -0.15) is 0 Å². The summed E-state index contributed by atoms with van der Waals surface area (Å²) in [6.07, 6.45) is 3.06. The van der Waals surface area contributed by atoms with E-state index in [-0.39, 0.29) is 0 Å². The fourth-order valence-corrected chi connectivity index (χ4v) is 1.24. The molecule has 13 heavy (non-hydrogen) atoms. The third kappa shape index (κ3) is 1.51. The number of hydrogen-bond acceptors (Lipinski definition) is 3. The van der Waals surface area contributed by atoms with Crippen LogP contribution >= 0.6 is 11.6 Å². The fourth-order valence-electron chi connectivity index (χ4n) is 1.07. The SMILES string of the molecule is Nc1ccc(Cl)cc1-c1ncco1. The van der Waals surface area contributed by atoms with Gasteiger partial charge in [0.15, 0.2) is 0 Å². The molecule has 0 bridgehead atoms. The van der Waals surface area contributed by atoms with Gasteiger partial charge >= 0.3 is 0 Å². The molecule has 2 aromatic rings. The van der Waals surface area contributed by atoms with Gasteiger partial charge in [0, 0.05) is 10.7 Å². The molecular formula is C9H7ClN2O. The van der Waals surface area contributed by atoms with Gasteiger partial charge in [0.25, 0.3) is 0 Å². The molecule has 66 valence electrons. The van der Waals surface area contributed by atoms with E-state index in [2.05, 4.69) is 4.98 Å². The minimum Gasteiger partial charge on any atom is -0.444 e. The molecule has 0 radical (unpaired) electrons. The first kappa shape index (κ1) is 8.13. The number of halogens is 1. The quantitative estimate of drug-likeness (QED) is 0.710. The highest BCUT2D eigenvalue weighted by Crippen LogP contribution is 2.27. The maximum atomic E-state index is 5.81. The van der Waals surface area contributed by atoms with Crippen molar-refractivity contribution >= 4 is 17.3 Å². The summed E-state index contributed by atoms with van der Waals surface area (Å²) in [5.41, 5.74) is 7.05. The summed E-state index contributed by atoms with van der Waals surface area (Å²) < 4.78 is 5.11. The molecule has 0 aliphatic rings. The lowest BCUT2D eigenvalue weighted by Gasteiger charge is -2.00. The summed E-state index contributed by atoms with van der Waals surface area (Å²) in [6.45, 7) is 0. The smallest absolute Gasteiger partial charge is 0.228 e. The van der Waals surface area contributed by atoms with Crippen molar-refractivity contribution in [2.75, 3.05) is 5.73 Å². The first-order valence-electron chi connectivity index (χ1n) is 3.72. The minimum absolute atomic E-state index is 0.486. The molecule has 1 aromatic carbocycles. The van der Waals surface area contributed by atoms with E-state index in [0.717, 1.165) is 5.56 Å². The van der Waals surface area contributed by atoms with Crippen molar-refractivity contribution in [3.8, 4) is 11.5 Å². The van der Waals surface area contributed by atoms with E-state index in [0.29, 0.717) is 16.6 Å². The third-order valence-corrected chi connectivity index (χ3v) is 1.91. The van der Waals surface area contributed by atoms with Crippen LogP contribution < -0.4 is 5.73 Å². The Morgan fingerprint density at radius 2 is 2.23 bits per heavy atom. The van der Waals surface area contributed by atoms with E-state index in [1.807, 2.05) is 0 Å². The summed E-state index contributed by atoms with van der Waals surface area (Å²) in [6, 6.07) is 5.17. The molecule has 0 aliphatic heterocycles. The Balaban J connectivity index is 2.57. The highest BCUT2D eigenvalue weighted by atomic mass is 35.5. The maximum Gasteiger partial charge on any atom is 0.228 e. The van der Waals surface area contributed by atoms with Gasteiger partial charge in [0.2, 0.25) is 5.89 Å². The standard InChI is InChI=1S/C9H7ClN2O/c10-6-1-2-8(11)7(5-6)9-12-3-4-13-9/h1-5H,11H2. The lowest BCUT2D eigenvalue weighted by molar-refractivity contribution is 0.575. The first-order valence-corrected chi connectivity index (χ1v) is 4.10. The summed E-state index contributed by atoms with van der Waals surface area (Å²) in [7, 11) is 0. The van der Waals surface area contributed by atoms with Crippen LogP contribution in [0.15, 0.2) is 35.1 Å². The highest BCUT2D eigenvalue weighted by molar-refractivity contribution is 6.31. The van der Waals surface area contributed by atoms with E-state index in [4.69, 9.17) is 21.8 Å². The second-order valence-corrected chi connectivity index (χ2v) is 3.01. The number of anilines is 1. The lowest BCUT2D eigenvalue weighted by atomic mass is 10.2. The van der Waals surface area contributed by atoms with Crippen molar-refractivity contribution in [2.45, 2.75) is 0 Å². The van der Waals surface area contributed by atoms with Gasteiger partial charge in [-0.15, -0.1) is 0 Å². The minimum atomic E-state index is 0.486. The summed E-state index contributed by atoms with van der Waals surface area (Å²) in [4.78, 5) is 3.98. The molecular weight excluding hydrogens is 188 g/mol. The number of aromatic nitrogens is 1. The lowest BCUT2D eigenvalue weighted by Crippen LogP contribution is -1.89. The van der Waals surface area contributed by atoms with Crippen molar-refractivity contribution in [3.63, 3.8) is 0 Å². The van der Waals surface area contributed by atoms with Crippen molar-refractivity contribution in [1.82, 2.24) is 4.98 Å². The molecule has 1 aromatic heterocycles. The van der Waals surface area contributed by atoms with Crippen LogP contribution in [0.25, 0.3) is 11.5 Å². The summed E-state index contributed by atoms with van der Waals surface area (Å²) in [5.74, 6) is 0.486. The summed E-state index contributed by atoms with van der Waals surface area (Å²) in [5, 5.41) is 0.613. The van der Waals surface area contributed by atoms with Crippen LogP contribution in [0.5, 0.6) is 0 Å². The molecule has 3 nitrogen and oxygen atoms in total. The Labute approximate surface area is 80.1 Å². The Morgan fingerprint density at radius 1 is 1.38 bits per heavy atom. The average Bonchev–Trinajstić information content (AvgIpc) is 2.61. The Kier molecular flexibility index (Phi) is 1.94. The molecule has 0 fully saturated rings. The molecule has 2 rings (SSSR count). The zero-order chi connectivity index (χ0) is 9.26. The van der Waals surface area contributed by atoms with E-state index in [1.54, 1.807) is 24.4 Å².